The monoisotopic (exact) mass is 298 g/mol. The topological polar surface area (TPSA) is 51.2 Å². The van der Waals surface area contributed by atoms with Crippen LogP contribution in [0, 0.1) is 5.41 Å². The molecule has 0 aliphatic heterocycles. The summed E-state index contributed by atoms with van der Waals surface area (Å²) >= 11 is 0. The number of amides is 1. The highest BCUT2D eigenvalue weighted by atomic mass is 16.5. The van der Waals surface area contributed by atoms with Crippen LogP contribution in [0.15, 0.2) is 48.7 Å². The number of carbonyl (C=O) groups excluding carboxylic acids is 1. The number of pyridine rings is 1. The highest BCUT2D eigenvalue weighted by Crippen LogP contribution is 2.22. The van der Waals surface area contributed by atoms with E-state index in [2.05, 4.69) is 10.3 Å². The van der Waals surface area contributed by atoms with Crippen LogP contribution in [0.3, 0.4) is 0 Å². The second-order valence-corrected chi connectivity index (χ2v) is 6.42. The third kappa shape index (κ3) is 5.56. The van der Waals surface area contributed by atoms with Crippen molar-refractivity contribution in [3.05, 3.63) is 54.4 Å². The van der Waals surface area contributed by atoms with E-state index in [0.29, 0.717) is 18.8 Å². The van der Waals surface area contributed by atoms with Crippen molar-refractivity contribution < 1.29 is 9.53 Å². The van der Waals surface area contributed by atoms with E-state index in [4.69, 9.17) is 4.74 Å². The lowest BCUT2D eigenvalue weighted by atomic mass is 9.92. The van der Waals surface area contributed by atoms with E-state index in [1.165, 1.54) is 0 Å². The van der Waals surface area contributed by atoms with Crippen LogP contribution in [0.4, 0.5) is 5.69 Å². The predicted molar refractivity (Wildman–Crippen MR) is 87.7 cm³/mol. The minimum absolute atomic E-state index is 0.00868. The molecule has 1 heterocycles. The van der Waals surface area contributed by atoms with Gasteiger partial charge in [0.1, 0.15) is 12.4 Å². The molecule has 116 valence electrons. The zero-order chi connectivity index (χ0) is 16.0. The number of nitrogens with zero attached hydrogens (tertiary/aromatic N) is 1. The van der Waals surface area contributed by atoms with E-state index in [-0.39, 0.29) is 11.3 Å². The Bertz CT molecular complexity index is 618. The molecule has 0 saturated carbocycles. The predicted octanol–water partition coefficient (Wildman–Crippen LogP) is 4.04. The summed E-state index contributed by atoms with van der Waals surface area (Å²) in [6.07, 6.45) is 2.22. The van der Waals surface area contributed by atoms with Crippen molar-refractivity contribution in [3.63, 3.8) is 0 Å². The second-order valence-electron chi connectivity index (χ2n) is 6.42. The molecule has 2 aromatic rings. The second kappa shape index (κ2) is 7.07. The van der Waals surface area contributed by atoms with Gasteiger partial charge in [-0.25, -0.2) is 0 Å². The Hall–Kier alpha value is -2.36. The third-order valence-corrected chi connectivity index (χ3v) is 2.92. The van der Waals surface area contributed by atoms with Crippen molar-refractivity contribution >= 4 is 11.6 Å². The van der Waals surface area contributed by atoms with Crippen LogP contribution in [0.2, 0.25) is 0 Å². The highest BCUT2D eigenvalue weighted by Gasteiger charge is 2.16. The summed E-state index contributed by atoms with van der Waals surface area (Å²) in [5.41, 5.74) is 1.58. The molecule has 0 bridgehead atoms. The zero-order valence-electron chi connectivity index (χ0n) is 13.3. The number of rotatable bonds is 5. The molecule has 0 spiro atoms. The number of aromatic nitrogens is 1. The van der Waals surface area contributed by atoms with Crippen molar-refractivity contribution in [2.24, 2.45) is 5.41 Å². The summed E-state index contributed by atoms with van der Waals surface area (Å²) in [5.74, 6) is 0.716. The molecule has 1 aromatic heterocycles. The zero-order valence-corrected chi connectivity index (χ0v) is 13.3. The van der Waals surface area contributed by atoms with Gasteiger partial charge in [0, 0.05) is 24.4 Å². The molecular weight excluding hydrogens is 276 g/mol. The van der Waals surface area contributed by atoms with Gasteiger partial charge in [-0.05, 0) is 29.7 Å². The van der Waals surface area contributed by atoms with Crippen LogP contribution in [0.25, 0.3) is 0 Å². The Morgan fingerprint density at radius 3 is 2.68 bits per heavy atom. The molecule has 0 fully saturated rings. The molecule has 1 aromatic carbocycles. The molecule has 1 N–H and O–H groups in total. The van der Waals surface area contributed by atoms with Crippen LogP contribution in [0.5, 0.6) is 5.75 Å². The lowest BCUT2D eigenvalue weighted by molar-refractivity contribution is -0.117. The quantitative estimate of drug-likeness (QED) is 0.906. The molecule has 0 unspecified atom stereocenters. The SMILES string of the molecule is CC(C)(C)CC(=O)Nc1cccc(OCc2ccccn2)c1. The van der Waals surface area contributed by atoms with Crippen LogP contribution < -0.4 is 10.1 Å². The molecule has 0 aliphatic carbocycles. The van der Waals surface area contributed by atoms with Crippen molar-refractivity contribution in [3.8, 4) is 5.75 Å². The lowest BCUT2D eigenvalue weighted by Gasteiger charge is -2.17. The largest absolute Gasteiger partial charge is 0.487 e. The van der Waals surface area contributed by atoms with Gasteiger partial charge >= 0.3 is 0 Å². The molecule has 0 atom stereocenters. The molecule has 4 heteroatoms. The average molecular weight is 298 g/mol. The van der Waals surface area contributed by atoms with E-state index >= 15 is 0 Å². The van der Waals surface area contributed by atoms with E-state index in [1.54, 1.807) is 6.20 Å². The summed E-state index contributed by atoms with van der Waals surface area (Å²) in [6, 6.07) is 13.1. The van der Waals surface area contributed by atoms with Gasteiger partial charge in [0.15, 0.2) is 0 Å². The van der Waals surface area contributed by atoms with Crippen LogP contribution in [-0.4, -0.2) is 10.9 Å². The first-order valence-corrected chi connectivity index (χ1v) is 7.35. The summed E-state index contributed by atoms with van der Waals surface area (Å²) in [6.45, 7) is 6.52. The van der Waals surface area contributed by atoms with E-state index in [9.17, 15) is 4.79 Å². The van der Waals surface area contributed by atoms with Gasteiger partial charge in [-0.3, -0.25) is 9.78 Å². The van der Waals surface area contributed by atoms with E-state index in [1.807, 2.05) is 63.2 Å². The number of carbonyl (C=O) groups is 1. The van der Waals surface area contributed by atoms with Gasteiger partial charge in [0.05, 0.1) is 5.69 Å². The maximum Gasteiger partial charge on any atom is 0.224 e. The standard InChI is InChI=1S/C18H22N2O2/c1-18(2,3)12-17(21)20-14-8-6-9-16(11-14)22-13-15-7-4-5-10-19-15/h4-11H,12-13H2,1-3H3,(H,20,21). The molecule has 2 rings (SSSR count). The average Bonchev–Trinajstić information content (AvgIpc) is 2.44. The molecule has 0 aliphatic rings. The van der Waals surface area contributed by atoms with Crippen LogP contribution >= 0.6 is 0 Å². The number of ether oxygens (including phenoxy) is 1. The van der Waals surface area contributed by atoms with Crippen molar-refractivity contribution in [2.45, 2.75) is 33.8 Å². The van der Waals surface area contributed by atoms with Gasteiger partial charge in [0.25, 0.3) is 0 Å². The number of benzene rings is 1. The smallest absolute Gasteiger partial charge is 0.224 e. The van der Waals surface area contributed by atoms with E-state index in [0.717, 1.165) is 11.4 Å². The fourth-order valence-corrected chi connectivity index (χ4v) is 1.99. The maximum atomic E-state index is 12.0. The Labute approximate surface area is 131 Å². The summed E-state index contributed by atoms with van der Waals surface area (Å²) in [4.78, 5) is 16.2. The van der Waals surface area contributed by atoms with Gasteiger partial charge in [0.2, 0.25) is 5.91 Å². The summed E-state index contributed by atoms with van der Waals surface area (Å²) in [7, 11) is 0. The molecular formula is C18H22N2O2. The Morgan fingerprint density at radius 2 is 2.00 bits per heavy atom. The number of hydrogen-bond acceptors (Lipinski definition) is 3. The Kier molecular flexibility index (Phi) is 5.15. The first-order chi connectivity index (χ1) is 10.4. The maximum absolute atomic E-state index is 12.0. The number of nitrogens with one attached hydrogen (secondary N) is 1. The van der Waals surface area contributed by atoms with E-state index < -0.39 is 0 Å². The van der Waals surface area contributed by atoms with Gasteiger partial charge in [-0.1, -0.05) is 32.9 Å². The number of anilines is 1. The minimum atomic E-state index is -0.0306. The molecule has 22 heavy (non-hydrogen) atoms. The first kappa shape index (κ1) is 16.0. The van der Waals surface area contributed by atoms with Gasteiger partial charge in [-0.15, -0.1) is 0 Å². The molecule has 0 saturated heterocycles. The van der Waals surface area contributed by atoms with Crippen molar-refractivity contribution in [1.82, 2.24) is 4.98 Å². The fourth-order valence-electron chi connectivity index (χ4n) is 1.99. The van der Waals surface area contributed by atoms with Crippen LogP contribution in [0.1, 0.15) is 32.9 Å². The normalized spacial score (nSPS) is 11.0. The molecule has 4 nitrogen and oxygen atoms in total. The molecule has 1 amide bonds. The first-order valence-electron chi connectivity index (χ1n) is 7.35. The Morgan fingerprint density at radius 1 is 1.18 bits per heavy atom. The van der Waals surface area contributed by atoms with Gasteiger partial charge in [-0.2, -0.15) is 0 Å². The van der Waals surface area contributed by atoms with Crippen molar-refractivity contribution in [2.75, 3.05) is 5.32 Å². The summed E-state index contributed by atoms with van der Waals surface area (Å²) < 4.78 is 5.70. The van der Waals surface area contributed by atoms with Gasteiger partial charge < -0.3 is 10.1 Å². The fraction of sp³-hybridized carbons (Fsp3) is 0.333. The molecule has 0 radical (unpaired) electrons. The van der Waals surface area contributed by atoms with Crippen LogP contribution in [-0.2, 0) is 11.4 Å². The Balaban J connectivity index is 1.94. The number of hydrogen-bond donors (Lipinski definition) is 1. The van der Waals surface area contributed by atoms with Crippen molar-refractivity contribution in [1.29, 1.82) is 0 Å². The third-order valence-electron chi connectivity index (χ3n) is 2.92. The minimum Gasteiger partial charge on any atom is -0.487 e. The summed E-state index contributed by atoms with van der Waals surface area (Å²) in [5, 5.41) is 2.90. The highest BCUT2D eigenvalue weighted by molar-refractivity contribution is 5.91. The lowest BCUT2D eigenvalue weighted by Crippen LogP contribution is -2.19.